The molecule has 0 aromatic heterocycles. The summed E-state index contributed by atoms with van der Waals surface area (Å²) in [7, 11) is 0. The molecule has 68 valence electrons. The number of nitrogens with one attached hydrogen (secondary N) is 1. The Balaban J connectivity index is 2.12. The van der Waals surface area contributed by atoms with Gasteiger partial charge in [-0.05, 0) is 19.3 Å². The van der Waals surface area contributed by atoms with Crippen LogP contribution in [-0.2, 0) is 4.79 Å². The molecule has 4 heteroatoms. The molecule has 0 saturated carbocycles. The van der Waals surface area contributed by atoms with Crippen molar-refractivity contribution >= 4 is 5.97 Å². The lowest BCUT2D eigenvalue weighted by molar-refractivity contribution is -0.143. The Morgan fingerprint density at radius 3 is 2.75 bits per heavy atom. The summed E-state index contributed by atoms with van der Waals surface area (Å²) in [5.41, 5.74) is 5.82. The lowest BCUT2D eigenvalue weighted by atomic mass is 9.89. The third kappa shape index (κ3) is 1.11. The van der Waals surface area contributed by atoms with Crippen molar-refractivity contribution in [3.8, 4) is 0 Å². The molecule has 2 saturated heterocycles. The first-order chi connectivity index (χ1) is 5.68. The summed E-state index contributed by atoms with van der Waals surface area (Å²) in [5, 5.41) is 12.1. The van der Waals surface area contributed by atoms with Gasteiger partial charge in [0.1, 0.15) is 0 Å². The van der Waals surface area contributed by atoms with E-state index in [9.17, 15) is 4.79 Å². The minimum atomic E-state index is -0.705. The van der Waals surface area contributed by atoms with E-state index in [1.807, 2.05) is 0 Å². The van der Waals surface area contributed by atoms with Crippen LogP contribution < -0.4 is 11.1 Å². The monoisotopic (exact) mass is 170 g/mol. The first-order valence-corrected chi connectivity index (χ1v) is 4.43. The van der Waals surface area contributed by atoms with Crippen LogP contribution in [0.3, 0.4) is 0 Å². The average Bonchev–Trinajstić information content (AvgIpc) is 2.42. The Morgan fingerprint density at radius 2 is 2.08 bits per heavy atom. The van der Waals surface area contributed by atoms with Crippen LogP contribution >= 0.6 is 0 Å². The number of nitrogens with two attached hydrogens (primary N) is 1. The highest BCUT2D eigenvalue weighted by molar-refractivity contribution is 5.71. The zero-order chi connectivity index (χ0) is 8.72. The molecule has 2 rings (SSSR count). The lowest BCUT2D eigenvalue weighted by Crippen LogP contribution is -2.54. The fourth-order valence-electron chi connectivity index (χ4n) is 2.35. The van der Waals surface area contributed by atoms with E-state index in [0.29, 0.717) is 12.5 Å². The SMILES string of the molecule is NC1CC(C(=O)O)C2CCC1N2. The van der Waals surface area contributed by atoms with Crippen LogP contribution in [0.2, 0.25) is 0 Å². The summed E-state index contributed by atoms with van der Waals surface area (Å²) in [6.07, 6.45) is 2.64. The van der Waals surface area contributed by atoms with E-state index in [-0.39, 0.29) is 18.0 Å². The molecule has 0 aromatic rings. The number of hydrogen-bond donors (Lipinski definition) is 3. The number of fused-ring (bicyclic) bond motifs is 2. The van der Waals surface area contributed by atoms with Gasteiger partial charge >= 0.3 is 5.97 Å². The van der Waals surface area contributed by atoms with E-state index >= 15 is 0 Å². The van der Waals surface area contributed by atoms with Crippen molar-refractivity contribution in [2.75, 3.05) is 0 Å². The van der Waals surface area contributed by atoms with Crippen molar-refractivity contribution in [3.05, 3.63) is 0 Å². The summed E-state index contributed by atoms with van der Waals surface area (Å²) < 4.78 is 0. The van der Waals surface area contributed by atoms with Gasteiger partial charge in [-0.1, -0.05) is 0 Å². The molecular formula is C8H14N2O2. The van der Waals surface area contributed by atoms with E-state index in [4.69, 9.17) is 10.8 Å². The van der Waals surface area contributed by atoms with Crippen molar-refractivity contribution < 1.29 is 9.90 Å². The van der Waals surface area contributed by atoms with Crippen LogP contribution in [0.25, 0.3) is 0 Å². The minimum absolute atomic E-state index is 0.0323. The minimum Gasteiger partial charge on any atom is -0.481 e. The first kappa shape index (κ1) is 8.01. The molecule has 0 aliphatic carbocycles. The average molecular weight is 170 g/mol. The molecule has 4 atom stereocenters. The molecule has 2 fully saturated rings. The van der Waals surface area contributed by atoms with E-state index in [1.54, 1.807) is 0 Å². The first-order valence-electron chi connectivity index (χ1n) is 4.43. The second-order valence-electron chi connectivity index (χ2n) is 3.80. The predicted octanol–water partition coefficient (Wildman–Crippen LogP) is -0.461. The van der Waals surface area contributed by atoms with E-state index in [0.717, 1.165) is 12.8 Å². The Bertz CT molecular complexity index is 207. The van der Waals surface area contributed by atoms with Gasteiger partial charge in [0.2, 0.25) is 0 Å². The number of carboxylic acids is 1. The van der Waals surface area contributed by atoms with Gasteiger partial charge in [0.25, 0.3) is 0 Å². The number of rotatable bonds is 1. The summed E-state index contributed by atoms with van der Waals surface area (Å²) in [6.45, 7) is 0. The zero-order valence-corrected chi connectivity index (χ0v) is 6.86. The molecule has 2 bridgehead atoms. The van der Waals surface area contributed by atoms with Gasteiger partial charge in [-0.15, -0.1) is 0 Å². The van der Waals surface area contributed by atoms with Crippen LogP contribution in [-0.4, -0.2) is 29.2 Å². The molecule has 12 heavy (non-hydrogen) atoms. The second kappa shape index (κ2) is 2.71. The molecule has 4 nitrogen and oxygen atoms in total. The Hall–Kier alpha value is -0.610. The lowest BCUT2D eigenvalue weighted by Gasteiger charge is -2.31. The maximum Gasteiger partial charge on any atom is 0.308 e. The number of carboxylic acid groups (broad SMARTS) is 1. The topological polar surface area (TPSA) is 75.4 Å². The Morgan fingerprint density at radius 1 is 1.42 bits per heavy atom. The second-order valence-corrected chi connectivity index (χ2v) is 3.80. The van der Waals surface area contributed by atoms with Gasteiger partial charge in [0.05, 0.1) is 5.92 Å². The molecule has 2 aliphatic rings. The number of piperidine rings is 1. The molecule has 2 heterocycles. The normalized spacial score (nSPS) is 46.1. The van der Waals surface area contributed by atoms with Crippen molar-refractivity contribution in [3.63, 3.8) is 0 Å². The van der Waals surface area contributed by atoms with E-state index in [2.05, 4.69) is 5.32 Å². The van der Waals surface area contributed by atoms with Gasteiger partial charge in [-0.25, -0.2) is 0 Å². The number of aliphatic carboxylic acids is 1. The predicted molar refractivity (Wildman–Crippen MR) is 43.7 cm³/mol. The third-order valence-electron chi connectivity index (χ3n) is 3.06. The zero-order valence-electron chi connectivity index (χ0n) is 6.86. The van der Waals surface area contributed by atoms with Crippen LogP contribution in [0.1, 0.15) is 19.3 Å². The van der Waals surface area contributed by atoms with Gasteiger partial charge in [-0.3, -0.25) is 4.79 Å². The standard InChI is InChI=1S/C8H14N2O2/c9-5-3-4(8(11)12)6-1-2-7(5)10-6/h4-7,10H,1-3,9H2,(H,11,12). The van der Waals surface area contributed by atoms with Gasteiger partial charge in [0.15, 0.2) is 0 Å². The van der Waals surface area contributed by atoms with Gasteiger partial charge in [0, 0.05) is 18.1 Å². The number of carbonyl (C=O) groups is 1. The largest absolute Gasteiger partial charge is 0.481 e. The van der Waals surface area contributed by atoms with Crippen LogP contribution in [0.4, 0.5) is 0 Å². The fraction of sp³-hybridized carbons (Fsp3) is 0.875. The Labute approximate surface area is 71.1 Å². The van der Waals surface area contributed by atoms with Crippen molar-refractivity contribution in [2.45, 2.75) is 37.4 Å². The molecule has 0 spiro atoms. The molecule has 0 aromatic carbocycles. The van der Waals surface area contributed by atoms with Gasteiger partial charge < -0.3 is 16.2 Å². The maximum absolute atomic E-state index is 10.8. The molecule has 4 unspecified atom stereocenters. The quantitative estimate of drug-likeness (QED) is 0.497. The molecular weight excluding hydrogens is 156 g/mol. The van der Waals surface area contributed by atoms with Gasteiger partial charge in [-0.2, -0.15) is 0 Å². The molecule has 2 aliphatic heterocycles. The summed E-state index contributed by atoms with van der Waals surface area (Å²) in [4.78, 5) is 10.8. The highest BCUT2D eigenvalue weighted by atomic mass is 16.4. The summed E-state index contributed by atoms with van der Waals surface area (Å²) in [6, 6.07) is 0.572. The van der Waals surface area contributed by atoms with Crippen molar-refractivity contribution in [1.29, 1.82) is 0 Å². The summed E-state index contributed by atoms with van der Waals surface area (Å²) in [5.74, 6) is -0.970. The summed E-state index contributed by atoms with van der Waals surface area (Å²) >= 11 is 0. The van der Waals surface area contributed by atoms with E-state index in [1.165, 1.54) is 0 Å². The Kier molecular flexibility index (Phi) is 1.81. The molecule has 0 amide bonds. The fourth-order valence-corrected chi connectivity index (χ4v) is 2.35. The van der Waals surface area contributed by atoms with Crippen molar-refractivity contribution in [1.82, 2.24) is 5.32 Å². The van der Waals surface area contributed by atoms with Crippen LogP contribution in [0.5, 0.6) is 0 Å². The highest BCUT2D eigenvalue weighted by Gasteiger charge is 2.42. The van der Waals surface area contributed by atoms with E-state index < -0.39 is 5.97 Å². The van der Waals surface area contributed by atoms with Crippen LogP contribution in [0, 0.1) is 5.92 Å². The van der Waals surface area contributed by atoms with Crippen LogP contribution in [0.15, 0.2) is 0 Å². The van der Waals surface area contributed by atoms with Crippen molar-refractivity contribution in [2.24, 2.45) is 11.7 Å². The maximum atomic E-state index is 10.8. The molecule has 0 radical (unpaired) electrons. The smallest absolute Gasteiger partial charge is 0.308 e. The third-order valence-corrected chi connectivity index (χ3v) is 3.06. The number of hydrogen-bond acceptors (Lipinski definition) is 3. The molecule has 4 N–H and O–H groups in total. The highest BCUT2D eigenvalue weighted by Crippen LogP contribution is 2.30.